The summed E-state index contributed by atoms with van der Waals surface area (Å²) >= 11 is 0. The number of nitrogens with zero attached hydrogens (tertiary/aromatic N) is 4. The van der Waals surface area contributed by atoms with E-state index in [1.807, 2.05) is 48.2 Å². The molecule has 1 aliphatic heterocycles. The minimum atomic E-state index is 0.264. The molecule has 0 spiro atoms. The monoisotopic (exact) mass is 310 g/mol. The van der Waals surface area contributed by atoms with E-state index in [0.29, 0.717) is 6.42 Å². The van der Waals surface area contributed by atoms with Gasteiger partial charge in [0.2, 0.25) is 5.91 Å². The lowest BCUT2D eigenvalue weighted by molar-refractivity contribution is -0.131. The second-order valence-corrected chi connectivity index (χ2v) is 5.75. The van der Waals surface area contributed by atoms with Crippen molar-refractivity contribution >= 4 is 11.7 Å². The number of aromatic nitrogens is 2. The molecule has 1 aliphatic rings. The first-order valence-electron chi connectivity index (χ1n) is 8.18. The summed E-state index contributed by atoms with van der Waals surface area (Å²) in [5, 5.41) is 0. The van der Waals surface area contributed by atoms with Crippen molar-refractivity contribution in [2.45, 2.75) is 19.8 Å². The van der Waals surface area contributed by atoms with Gasteiger partial charge >= 0.3 is 0 Å². The molecule has 2 aromatic rings. The third-order valence-electron chi connectivity index (χ3n) is 4.14. The van der Waals surface area contributed by atoms with Gasteiger partial charge < -0.3 is 9.80 Å². The topological polar surface area (TPSA) is 49.3 Å². The highest BCUT2D eigenvalue weighted by Crippen LogP contribution is 2.21. The van der Waals surface area contributed by atoms with Crippen molar-refractivity contribution in [2.24, 2.45) is 0 Å². The molecule has 0 unspecified atom stereocenters. The largest absolute Gasteiger partial charge is 0.353 e. The Kier molecular flexibility index (Phi) is 4.86. The van der Waals surface area contributed by atoms with Crippen LogP contribution in [0.2, 0.25) is 0 Å². The van der Waals surface area contributed by atoms with Gasteiger partial charge in [-0.15, -0.1) is 0 Å². The third kappa shape index (κ3) is 3.67. The van der Waals surface area contributed by atoms with Crippen LogP contribution in [-0.4, -0.2) is 47.0 Å². The van der Waals surface area contributed by atoms with Crippen molar-refractivity contribution in [3.8, 4) is 11.3 Å². The zero-order chi connectivity index (χ0) is 16.1. The Bertz CT molecular complexity index is 651. The van der Waals surface area contributed by atoms with Gasteiger partial charge in [-0.3, -0.25) is 4.79 Å². The van der Waals surface area contributed by atoms with Crippen molar-refractivity contribution in [3.63, 3.8) is 0 Å². The summed E-state index contributed by atoms with van der Waals surface area (Å²) in [5.74, 6) is 1.20. The molecule has 0 saturated carbocycles. The number of anilines is 1. The van der Waals surface area contributed by atoms with Gasteiger partial charge in [0.1, 0.15) is 12.1 Å². The van der Waals surface area contributed by atoms with Gasteiger partial charge in [0.25, 0.3) is 0 Å². The number of hydrogen-bond acceptors (Lipinski definition) is 4. The van der Waals surface area contributed by atoms with Crippen LogP contribution in [0.15, 0.2) is 42.7 Å². The zero-order valence-electron chi connectivity index (χ0n) is 13.5. The standard InChI is InChI=1S/C18H22N4O/c1-2-6-18(23)22-11-9-21(10-12-22)17-13-16(19-14-20-17)15-7-4-3-5-8-15/h3-5,7-8,13-14H,2,6,9-12H2,1H3. The van der Waals surface area contributed by atoms with Crippen LogP contribution in [0.25, 0.3) is 11.3 Å². The first-order chi connectivity index (χ1) is 11.3. The number of piperazine rings is 1. The fourth-order valence-corrected chi connectivity index (χ4v) is 2.84. The SMILES string of the molecule is CCCC(=O)N1CCN(c2cc(-c3ccccc3)ncn2)CC1. The number of carbonyl (C=O) groups is 1. The summed E-state index contributed by atoms with van der Waals surface area (Å²) in [4.78, 5) is 24.9. The fourth-order valence-electron chi connectivity index (χ4n) is 2.84. The Morgan fingerprint density at radius 3 is 2.52 bits per heavy atom. The molecular weight excluding hydrogens is 288 g/mol. The maximum atomic E-state index is 12.0. The van der Waals surface area contributed by atoms with E-state index in [4.69, 9.17) is 0 Å². The van der Waals surface area contributed by atoms with Gasteiger partial charge in [-0.1, -0.05) is 37.3 Å². The van der Waals surface area contributed by atoms with Crippen molar-refractivity contribution in [2.75, 3.05) is 31.1 Å². The van der Waals surface area contributed by atoms with Gasteiger partial charge in [0.15, 0.2) is 0 Å². The summed E-state index contributed by atoms with van der Waals surface area (Å²) in [6, 6.07) is 12.1. The first kappa shape index (κ1) is 15.5. The van der Waals surface area contributed by atoms with E-state index in [1.165, 1.54) is 0 Å². The van der Waals surface area contributed by atoms with Gasteiger partial charge in [-0.25, -0.2) is 9.97 Å². The molecule has 1 fully saturated rings. The number of carbonyl (C=O) groups excluding carboxylic acids is 1. The highest BCUT2D eigenvalue weighted by molar-refractivity contribution is 5.76. The normalized spacial score (nSPS) is 14.8. The molecule has 0 atom stereocenters. The molecule has 2 heterocycles. The molecule has 3 rings (SSSR count). The van der Waals surface area contributed by atoms with Gasteiger partial charge in [0.05, 0.1) is 5.69 Å². The second kappa shape index (κ2) is 7.22. The quantitative estimate of drug-likeness (QED) is 0.871. The lowest BCUT2D eigenvalue weighted by Gasteiger charge is -2.35. The van der Waals surface area contributed by atoms with E-state index in [2.05, 4.69) is 14.9 Å². The van der Waals surface area contributed by atoms with E-state index in [0.717, 1.165) is 49.7 Å². The minimum absolute atomic E-state index is 0.264. The highest BCUT2D eigenvalue weighted by atomic mass is 16.2. The smallest absolute Gasteiger partial charge is 0.222 e. The van der Waals surface area contributed by atoms with Crippen LogP contribution in [0.4, 0.5) is 5.82 Å². The molecule has 1 aromatic heterocycles. The summed E-state index contributed by atoms with van der Waals surface area (Å²) < 4.78 is 0. The molecule has 5 heteroatoms. The van der Waals surface area contributed by atoms with Gasteiger partial charge in [-0.05, 0) is 6.42 Å². The highest BCUT2D eigenvalue weighted by Gasteiger charge is 2.21. The van der Waals surface area contributed by atoms with Gasteiger partial charge in [0, 0.05) is 44.2 Å². The summed E-state index contributed by atoms with van der Waals surface area (Å²) in [6.07, 6.45) is 3.17. The Hall–Kier alpha value is -2.43. The molecule has 5 nitrogen and oxygen atoms in total. The lowest BCUT2D eigenvalue weighted by atomic mass is 10.1. The van der Waals surface area contributed by atoms with Crippen LogP contribution in [0.1, 0.15) is 19.8 Å². The van der Waals surface area contributed by atoms with E-state index < -0.39 is 0 Å². The molecule has 1 saturated heterocycles. The predicted octanol–water partition coefficient (Wildman–Crippen LogP) is 2.59. The van der Waals surface area contributed by atoms with Crippen LogP contribution >= 0.6 is 0 Å². The van der Waals surface area contributed by atoms with E-state index in [1.54, 1.807) is 6.33 Å². The Morgan fingerprint density at radius 1 is 1.09 bits per heavy atom. The minimum Gasteiger partial charge on any atom is -0.353 e. The van der Waals surface area contributed by atoms with Crippen molar-refractivity contribution in [1.29, 1.82) is 0 Å². The molecule has 0 N–H and O–H groups in total. The Morgan fingerprint density at radius 2 is 1.83 bits per heavy atom. The molecule has 23 heavy (non-hydrogen) atoms. The van der Waals surface area contributed by atoms with Gasteiger partial charge in [-0.2, -0.15) is 0 Å². The van der Waals surface area contributed by atoms with Crippen LogP contribution in [0.3, 0.4) is 0 Å². The first-order valence-corrected chi connectivity index (χ1v) is 8.18. The van der Waals surface area contributed by atoms with Crippen LogP contribution in [0.5, 0.6) is 0 Å². The number of hydrogen-bond donors (Lipinski definition) is 0. The molecular formula is C18H22N4O. The van der Waals surface area contributed by atoms with Crippen molar-refractivity contribution < 1.29 is 4.79 Å². The summed E-state index contributed by atoms with van der Waals surface area (Å²) in [7, 11) is 0. The molecule has 1 amide bonds. The second-order valence-electron chi connectivity index (χ2n) is 5.75. The molecule has 0 aliphatic carbocycles. The average molecular weight is 310 g/mol. The number of amides is 1. The molecule has 120 valence electrons. The van der Waals surface area contributed by atoms with Crippen LogP contribution in [0, 0.1) is 0 Å². The van der Waals surface area contributed by atoms with Crippen LogP contribution < -0.4 is 4.90 Å². The zero-order valence-corrected chi connectivity index (χ0v) is 13.5. The molecule has 0 radical (unpaired) electrons. The predicted molar refractivity (Wildman–Crippen MR) is 91.2 cm³/mol. The maximum absolute atomic E-state index is 12.0. The fraction of sp³-hybridized carbons (Fsp3) is 0.389. The summed E-state index contributed by atoms with van der Waals surface area (Å²) in [6.45, 7) is 5.22. The third-order valence-corrected chi connectivity index (χ3v) is 4.14. The molecule has 0 bridgehead atoms. The Balaban J connectivity index is 1.68. The Labute approximate surface area is 137 Å². The lowest BCUT2D eigenvalue weighted by Crippen LogP contribution is -2.49. The number of benzene rings is 1. The van der Waals surface area contributed by atoms with Crippen molar-refractivity contribution in [1.82, 2.24) is 14.9 Å². The summed E-state index contributed by atoms with van der Waals surface area (Å²) in [5.41, 5.74) is 2.02. The van der Waals surface area contributed by atoms with Crippen molar-refractivity contribution in [3.05, 3.63) is 42.7 Å². The van der Waals surface area contributed by atoms with E-state index in [-0.39, 0.29) is 5.91 Å². The van der Waals surface area contributed by atoms with E-state index in [9.17, 15) is 4.79 Å². The number of rotatable bonds is 4. The average Bonchev–Trinajstić information content (AvgIpc) is 2.63. The van der Waals surface area contributed by atoms with E-state index >= 15 is 0 Å². The molecule has 1 aromatic carbocycles. The maximum Gasteiger partial charge on any atom is 0.222 e. The van der Waals surface area contributed by atoms with Crippen LogP contribution in [-0.2, 0) is 4.79 Å².